The number of Topliss-reactive ketones (excluding diaryl/α,β-unsaturated/α-hetero) is 1. The van der Waals surface area contributed by atoms with Gasteiger partial charge >= 0.3 is 0 Å². The lowest BCUT2D eigenvalue weighted by atomic mass is 9.63. The van der Waals surface area contributed by atoms with Crippen LogP contribution in [0.3, 0.4) is 0 Å². The topological polar surface area (TPSA) is 17.1 Å². The van der Waals surface area contributed by atoms with E-state index >= 15 is 0 Å². The van der Waals surface area contributed by atoms with Crippen LogP contribution in [0.15, 0.2) is 0 Å². The monoisotopic (exact) mass is 270 g/mol. The molecule has 0 bridgehead atoms. The van der Waals surface area contributed by atoms with Gasteiger partial charge < -0.3 is 0 Å². The van der Waals surface area contributed by atoms with Crippen LogP contribution in [-0.2, 0) is 4.79 Å². The number of hydrogen-bond acceptors (Lipinski definition) is 2. The molecule has 0 N–H and O–H groups in total. The Kier molecular flexibility index (Phi) is 5.76. The number of carbonyl (C=O) groups is 1. The minimum absolute atomic E-state index is 0.0693. The first-order valence-corrected chi connectivity index (χ1v) is 8.07. The highest BCUT2D eigenvalue weighted by Crippen LogP contribution is 2.46. The van der Waals surface area contributed by atoms with Gasteiger partial charge in [-0.15, -0.1) is 0 Å². The Morgan fingerprint density at radius 3 is 2.06 bits per heavy atom. The Morgan fingerprint density at radius 1 is 1.17 bits per heavy atom. The van der Waals surface area contributed by atoms with Crippen LogP contribution in [0.4, 0.5) is 0 Å². The van der Waals surface area contributed by atoms with Crippen molar-refractivity contribution in [1.82, 2.24) is 0 Å². The van der Waals surface area contributed by atoms with Crippen LogP contribution in [0.25, 0.3) is 0 Å². The van der Waals surface area contributed by atoms with Crippen molar-refractivity contribution in [2.45, 2.75) is 83.8 Å². The predicted octanol–water partition coefficient (Wildman–Crippen LogP) is 5.04. The molecule has 1 nitrogen and oxygen atoms in total. The van der Waals surface area contributed by atoms with E-state index in [0.717, 1.165) is 19.3 Å². The maximum atomic E-state index is 12.8. The van der Waals surface area contributed by atoms with Gasteiger partial charge in [0.15, 0.2) is 5.78 Å². The van der Waals surface area contributed by atoms with Gasteiger partial charge in [-0.1, -0.05) is 46.0 Å². The largest absolute Gasteiger partial charge is 0.298 e. The van der Waals surface area contributed by atoms with E-state index in [1.807, 2.05) is 13.8 Å². The second-order valence-electron chi connectivity index (χ2n) is 6.62. The number of ketones is 1. The average molecular weight is 270 g/mol. The van der Waals surface area contributed by atoms with Crippen LogP contribution in [-0.4, -0.2) is 10.5 Å². The molecule has 0 radical (unpaired) electrons. The van der Waals surface area contributed by atoms with Gasteiger partial charge in [0.2, 0.25) is 0 Å². The van der Waals surface area contributed by atoms with Crippen LogP contribution in [0.2, 0.25) is 0 Å². The van der Waals surface area contributed by atoms with Gasteiger partial charge in [-0.3, -0.25) is 4.79 Å². The normalized spacial score (nSPS) is 20.1. The van der Waals surface area contributed by atoms with Gasteiger partial charge in [0.1, 0.15) is 0 Å². The Morgan fingerprint density at radius 2 is 1.67 bits per heavy atom. The Balaban J connectivity index is 2.91. The van der Waals surface area contributed by atoms with Crippen molar-refractivity contribution in [2.75, 3.05) is 0 Å². The van der Waals surface area contributed by atoms with Crippen molar-refractivity contribution in [3.8, 4) is 0 Å². The summed E-state index contributed by atoms with van der Waals surface area (Å²) in [4.78, 5) is 12.8. The SMILES string of the molecule is CCC(CC)CC1(C(=O)C(C)(C)S)CCCCC1. The Labute approximate surface area is 119 Å². The van der Waals surface area contributed by atoms with Crippen LogP contribution in [0.1, 0.15) is 79.1 Å². The van der Waals surface area contributed by atoms with Gasteiger partial charge in [-0.25, -0.2) is 0 Å². The van der Waals surface area contributed by atoms with E-state index in [2.05, 4.69) is 26.5 Å². The third-order valence-corrected chi connectivity index (χ3v) is 4.89. The molecular formula is C16H30OS. The minimum Gasteiger partial charge on any atom is -0.298 e. The van der Waals surface area contributed by atoms with Gasteiger partial charge in [-0.2, -0.15) is 12.6 Å². The van der Waals surface area contributed by atoms with Crippen molar-refractivity contribution in [2.24, 2.45) is 11.3 Å². The summed E-state index contributed by atoms with van der Waals surface area (Å²) in [6.45, 7) is 8.42. The van der Waals surface area contributed by atoms with Crippen molar-refractivity contribution >= 4 is 18.4 Å². The standard InChI is InChI=1S/C16H30OS/c1-5-13(6-2)12-16(10-8-7-9-11-16)14(17)15(3,4)18/h13,18H,5-12H2,1-4H3. The zero-order valence-corrected chi connectivity index (χ0v) is 13.5. The summed E-state index contributed by atoms with van der Waals surface area (Å²) in [5.74, 6) is 1.09. The summed E-state index contributed by atoms with van der Waals surface area (Å²) in [5.41, 5.74) is -0.0693. The summed E-state index contributed by atoms with van der Waals surface area (Å²) < 4.78 is -0.483. The van der Waals surface area contributed by atoms with Gasteiger partial charge in [0.25, 0.3) is 0 Å². The fraction of sp³-hybridized carbons (Fsp3) is 0.938. The molecular weight excluding hydrogens is 240 g/mol. The van der Waals surface area contributed by atoms with Gasteiger partial charge in [0.05, 0.1) is 4.75 Å². The molecule has 1 aliphatic rings. The Hall–Kier alpha value is 0.0200. The van der Waals surface area contributed by atoms with E-state index in [0.29, 0.717) is 11.7 Å². The molecule has 1 rings (SSSR count). The summed E-state index contributed by atoms with van der Waals surface area (Å²) in [5, 5.41) is 0. The molecule has 0 atom stereocenters. The zero-order chi connectivity index (χ0) is 13.8. The first-order chi connectivity index (χ1) is 8.35. The van der Waals surface area contributed by atoms with Crippen molar-refractivity contribution in [1.29, 1.82) is 0 Å². The number of hydrogen-bond donors (Lipinski definition) is 1. The van der Waals surface area contributed by atoms with E-state index in [1.165, 1.54) is 32.1 Å². The van der Waals surface area contributed by atoms with Crippen molar-refractivity contribution < 1.29 is 4.79 Å². The highest BCUT2D eigenvalue weighted by atomic mass is 32.1. The molecule has 0 unspecified atom stereocenters. The highest BCUT2D eigenvalue weighted by Gasteiger charge is 2.45. The van der Waals surface area contributed by atoms with Crippen LogP contribution >= 0.6 is 12.6 Å². The third-order valence-electron chi connectivity index (χ3n) is 4.68. The molecule has 0 spiro atoms. The molecule has 0 aromatic carbocycles. The van der Waals surface area contributed by atoms with Crippen LogP contribution in [0.5, 0.6) is 0 Å². The maximum Gasteiger partial charge on any atom is 0.154 e. The first kappa shape index (κ1) is 16.1. The highest BCUT2D eigenvalue weighted by molar-refractivity contribution is 7.82. The fourth-order valence-electron chi connectivity index (χ4n) is 3.53. The Bertz CT molecular complexity index is 267. The van der Waals surface area contributed by atoms with E-state index in [9.17, 15) is 4.79 Å². The molecule has 18 heavy (non-hydrogen) atoms. The maximum absolute atomic E-state index is 12.8. The second kappa shape index (κ2) is 6.45. The van der Waals surface area contributed by atoms with Crippen molar-refractivity contribution in [3.05, 3.63) is 0 Å². The molecule has 1 saturated carbocycles. The van der Waals surface area contributed by atoms with E-state index in [1.54, 1.807) is 0 Å². The number of rotatable bonds is 6. The quantitative estimate of drug-likeness (QED) is 0.669. The number of thiol groups is 1. The fourth-order valence-corrected chi connectivity index (χ4v) is 3.77. The molecule has 0 aromatic rings. The molecule has 0 aromatic heterocycles. The third kappa shape index (κ3) is 3.76. The molecule has 1 aliphatic carbocycles. The molecule has 0 saturated heterocycles. The lowest BCUT2D eigenvalue weighted by Crippen LogP contribution is -2.44. The lowest BCUT2D eigenvalue weighted by molar-refractivity contribution is -0.133. The van der Waals surface area contributed by atoms with Gasteiger partial charge in [-0.05, 0) is 39.0 Å². The van der Waals surface area contributed by atoms with E-state index < -0.39 is 4.75 Å². The van der Waals surface area contributed by atoms with Gasteiger partial charge in [0, 0.05) is 5.41 Å². The smallest absolute Gasteiger partial charge is 0.154 e. The summed E-state index contributed by atoms with van der Waals surface area (Å²) in [7, 11) is 0. The van der Waals surface area contributed by atoms with Crippen LogP contribution < -0.4 is 0 Å². The average Bonchev–Trinajstić information content (AvgIpc) is 2.35. The van der Waals surface area contributed by atoms with E-state index in [-0.39, 0.29) is 5.41 Å². The second-order valence-corrected chi connectivity index (χ2v) is 7.73. The lowest BCUT2D eigenvalue weighted by Gasteiger charge is -2.41. The summed E-state index contributed by atoms with van der Waals surface area (Å²) >= 11 is 4.55. The summed E-state index contributed by atoms with van der Waals surface area (Å²) in [6, 6.07) is 0. The van der Waals surface area contributed by atoms with Crippen LogP contribution in [0, 0.1) is 11.3 Å². The molecule has 0 amide bonds. The molecule has 106 valence electrons. The predicted molar refractivity (Wildman–Crippen MR) is 82.3 cm³/mol. The summed E-state index contributed by atoms with van der Waals surface area (Å²) in [6.07, 6.45) is 9.38. The minimum atomic E-state index is -0.483. The zero-order valence-electron chi connectivity index (χ0n) is 12.6. The molecule has 1 fully saturated rings. The van der Waals surface area contributed by atoms with E-state index in [4.69, 9.17) is 0 Å². The number of carbonyl (C=O) groups excluding carboxylic acids is 1. The molecule has 2 heteroatoms. The molecule has 0 heterocycles. The first-order valence-electron chi connectivity index (χ1n) is 7.63. The molecule has 0 aliphatic heterocycles. The van der Waals surface area contributed by atoms with Crippen molar-refractivity contribution in [3.63, 3.8) is 0 Å².